The molecule has 4 aromatic rings. The van der Waals surface area contributed by atoms with E-state index in [1.165, 1.54) is 6.08 Å². The van der Waals surface area contributed by atoms with E-state index >= 15 is 0 Å². The summed E-state index contributed by atoms with van der Waals surface area (Å²) in [6.45, 7) is 4.26. The van der Waals surface area contributed by atoms with E-state index in [-0.39, 0.29) is 17.3 Å². The fourth-order valence-corrected chi connectivity index (χ4v) is 3.73. The lowest BCUT2D eigenvalue weighted by Crippen LogP contribution is -2.20. The molecule has 2 aromatic carbocycles. The predicted octanol–water partition coefficient (Wildman–Crippen LogP) is 3.00. The largest absolute Gasteiger partial charge is 0.497 e. The number of rotatable bonds is 11. The summed E-state index contributed by atoms with van der Waals surface area (Å²) in [6, 6.07) is 13.0. The molecule has 0 radical (unpaired) electrons. The molecule has 0 saturated heterocycles. The van der Waals surface area contributed by atoms with E-state index in [0.717, 1.165) is 11.1 Å². The Balaban J connectivity index is 1.65. The number of imidazole rings is 1. The van der Waals surface area contributed by atoms with Crippen LogP contribution in [0.1, 0.15) is 21.5 Å². The topological polar surface area (TPSA) is 145 Å². The van der Waals surface area contributed by atoms with Crippen molar-refractivity contribution in [3.63, 3.8) is 0 Å². The van der Waals surface area contributed by atoms with Gasteiger partial charge in [0.05, 0.1) is 14.2 Å². The van der Waals surface area contributed by atoms with Crippen molar-refractivity contribution in [2.24, 2.45) is 5.73 Å². The van der Waals surface area contributed by atoms with E-state index in [9.17, 15) is 9.59 Å². The summed E-state index contributed by atoms with van der Waals surface area (Å²) in [5, 5.41) is 9.21. The highest BCUT2D eigenvalue weighted by molar-refractivity contribution is 6.04. The molecule has 0 fully saturated rings. The van der Waals surface area contributed by atoms with Gasteiger partial charge in [0.1, 0.15) is 17.1 Å². The van der Waals surface area contributed by atoms with Gasteiger partial charge in [-0.3, -0.25) is 14.0 Å². The molecule has 0 spiro atoms. The van der Waals surface area contributed by atoms with Crippen LogP contribution >= 0.6 is 0 Å². The highest BCUT2D eigenvalue weighted by Crippen LogP contribution is 2.30. The van der Waals surface area contributed by atoms with Crippen LogP contribution in [-0.2, 0) is 17.9 Å². The molecule has 0 saturated carbocycles. The number of nitrogens with one attached hydrogen (secondary N) is 3. The standard InChI is InChI=1S/C26H27N7O4/c1-4-21(34)29-14-16-6-5-7-17(10-16)15-30-26-32-24(22(23(27)35)25-28-8-9-33(25)26)31-18-11-19(36-2)13-20(12-18)37-3/h4-13,31H,1,14-15H2,2-3H3,(H2,27,35)(H,29,34)(H,30,32). The van der Waals surface area contributed by atoms with E-state index in [0.29, 0.717) is 41.9 Å². The Morgan fingerprint density at radius 2 is 1.78 bits per heavy atom. The Morgan fingerprint density at radius 3 is 2.43 bits per heavy atom. The fourth-order valence-electron chi connectivity index (χ4n) is 3.73. The van der Waals surface area contributed by atoms with Crippen molar-refractivity contribution in [2.45, 2.75) is 13.1 Å². The smallest absolute Gasteiger partial charge is 0.256 e. The molecule has 37 heavy (non-hydrogen) atoms. The molecule has 0 unspecified atom stereocenters. The van der Waals surface area contributed by atoms with E-state index < -0.39 is 5.91 Å². The molecule has 0 atom stereocenters. The maximum absolute atomic E-state index is 12.4. The Labute approximate surface area is 213 Å². The van der Waals surface area contributed by atoms with Gasteiger partial charge >= 0.3 is 0 Å². The van der Waals surface area contributed by atoms with Gasteiger partial charge in [-0.05, 0) is 17.2 Å². The van der Waals surface area contributed by atoms with Crippen LogP contribution in [0.4, 0.5) is 17.5 Å². The van der Waals surface area contributed by atoms with Crippen LogP contribution < -0.4 is 31.2 Å². The van der Waals surface area contributed by atoms with Gasteiger partial charge < -0.3 is 31.2 Å². The molecule has 0 aliphatic carbocycles. The van der Waals surface area contributed by atoms with Crippen molar-refractivity contribution in [3.05, 3.63) is 84.2 Å². The van der Waals surface area contributed by atoms with E-state index in [4.69, 9.17) is 15.2 Å². The number of carbonyl (C=O) groups is 2. The molecule has 190 valence electrons. The monoisotopic (exact) mass is 501 g/mol. The second-order valence-corrected chi connectivity index (χ2v) is 7.97. The SMILES string of the molecule is C=CC(=O)NCc1cccc(CNc2nc(Nc3cc(OC)cc(OC)c3)c(C(N)=O)c3nccn23)c1. The molecule has 11 heteroatoms. The summed E-state index contributed by atoms with van der Waals surface area (Å²) < 4.78 is 12.3. The van der Waals surface area contributed by atoms with Crippen molar-refractivity contribution in [3.8, 4) is 11.5 Å². The minimum Gasteiger partial charge on any atom is -0.497 e. The van der Waals surface area contributed by atoms with Gasteiger partial charge in [-0.15, -0.1) is 0 Å². The zero-order valence-corrected chi connectivity index (χ0v) is 20.4. The predicted molar refractivity (Wildman–Crippen MR) is 140 cm³/mol. The van der Waals surface area contributed by atoms with Crippen LogP contribution in [0.5, 0.6) is 11.5 Å². The summed E-state index contributed by atoms with van der Waals surface area (Å²) in [5.74, 6) is 0.879. The number of amides is 2. The highest BCUT2D eigenvalue weighted by Gasteiger charge is 2.20. The number of aromatic nitrogens is 3. The number of hydrogen-bond donors (Lipinski definition) is 4. The van der Waals surface area contributed by atoms with Crippen LogP contribution in [0.15, 0.2) is 67.5 Å². The maximum Gasteiger partial charge on any atom is 0.256 e. The van der Waals surface area contributed by atoms with Crippen molar-refractivity contribution in [1.82, 2.24) is 19.7 Å². The number of anilines is 3. The average Bonchev–Trinajstić information content (AvgIpc) is 3.39. The number of carbonyl (C=O) groups excluding carboxylic acids is 2. The Morgan fingerprint density at radius 1 is 1.08 bits per heavy atom. The third kappa shape index (κ3) is 5.78. The zero-order chi connectivity index (χ0) is 26.4. The quantitative estimate of drug-likeness (QED) is 0.230. The molecule has 0 aliphatic rings. The molecule has 11 nitrogen and oxygen atoms in total. The molecule has 4 rings (SSSR count). The normalized spacial score (nSPS) is 10.5. The number of nitrogens with zero attached hydrogens (tertiary/aromatic N) is 3. The van der Waals surface area contributed by atoms with Gasteiger partial charge in [-0.2, -0.15) is 4.98 Å². The Bertz CT molecular complexity index is 1440. The van der Waals surface area contributed by atoms with Crippen LogP contribution in [0, 0.1) is 0 Å². The fraction of sp³-hybridized carbons (Fsp3) is 0.154. The van der Waals surface area contributed by atoms with Gasteiger partial charge in [0, 0.05) is 49.4 Å². The average molecular weight is 502 g/mol. The van der Waals surface area contributed by atoms with Crippen LogP contribution in [0.25, 0.3) is 5.65 Å². The maximum atomic E-state index is 12.4. The van der Waals surface area contributed by atoms with E-state index in [2.05, 4.69) is 32.5 Å². The molecule has 2 heterocycles. The number of ether oxygens (including phenoxy) is 2. The van der Waals surface area contributed by atoms with E-state index in [1.54, 1.807) is 49.2 Å². The number of fused-ring (bicyclic) bond motifs is 1. The molecule has 2 amide bonds. The van der Waals surface area contributed by atoms with Gasteiger partial charge in [0.15, 0.2) is 11.5 Å². The Kier molecular flexibility index (Phi) is 7.53. The lowest BCUT2D eigenvalue weighted by atomic mass is 10.1. The number of methoxy groups -OCH3 is 2. The van der Waals surface area contributed by atoms with Crippen molar-refractivity contribution >= 4 is 34.9 Å². The third-order valence-electron chi connectivity index (χ3n) is 5.50. The molecular weight excluding hydrogens is 474 g/mol. The molecule has 5 N–H and O–H groups in total. The number of primary amides is 1. The number of hydrogen-bond acceptors (Lipinski definition) is 8. The molecule has 0 aliphatic heterocycles. The van der Waals surface area contributed by atoms with Gasteiger partial charge in [0.2, 0.25) is 11.9 Å². The van der Waals surface area contributed by atoms with Crippen LogP contribution in [-0.4, -0.2) is 40.4 Å². The van der Waals surface area contributed by atoms with Crippen LogP contribution in [0.3, 0.4) is 0 Å². The number of benzene rings is 2. The second kappa shape index (κ2) is 11.1. The van der Waals surface area contributed by atoms with Gasteiger partial charge in [0.25, 0.3) is 5.91 Å². The first kappa shape index (κ1) is 25.0. The lowest BCUT2D eigenvalue weighted by Gasteiger charge is -2.16. The number of nitrogens with two attached hydrogens (primary N) is 1. The minimum absolute atomic E-state index is 0.136. The summed E-state index contributed by atoms with van der Waals surface area (Å²) in [4.78, 5) is 32.9. The van der Waals surface area contributed by atoms with Gasteiger partial charge in [-0.1, -0.05) is 30.8 Å². The first-order chi connectivity index (χ1) is 17.9. The first-order valence-corrected chi connectivity index (χ1v) is 11.3. The molecule has 0 bridgehead atoms. The Hall–Kier alpha value is -5.06. The van der Waals surface area contributed by atoms with Crippen molar-refractivity contribution in [2.75, 3.05) is 24.9 Å². The summed E-state index contributed by atoms with van der Waals surface area (Å²) >= 11 is 0. The van der Waals surface area contributed by atoms with Gasteiger partial charge in [-0.25, -0.2) is 4.98 Å². The summed E-state index contributed by atoms with van der Waals surface area (Å²) in [6.07, 6.45) is 4.49. The molecule has 2 aromatic heterocycles. The van der Waals surface area contributed by atoms with Crippen LogP contribution in [0.2, 0.25) is 0 Å². The third-order valence-corrected chi connectivity index (χ3v) is 5.50. The first-order valence-electron chi connectivity index (χ1n) is 11.3. The molecular formula is C26H27N7O4. The summed E-state index contributed by atoms with van der Waals surface area (Å²) in [5.41, 5.74) is 8.69. The minimum atomic E-state index is -0.679. The lowest BCUT2D eigenvalue weighted by molar-refractivity contribution is -0.116. The highest BCUT2D eigenvalue weighted by atomic mass is 16.5. The van der Waals surface area contributed by atoms with Crippen molar-refractivity contribution in [1.29, 1.82) is 0 Å². The van der Waals surface area contributed by atoms with Crippen molar-refractivity contribution < 1.29 is 19.1 Å². The summed E-state index contributed by atoms with van der Waals surface area (Å²) in [7, 11) is 3.10. The zero-order valence-electron chi connectivity index (χ0n) is 20.4. The van der Waals surface area contributed by atoms with E-state index in [1.807, 2.05) is 24.3 Å². The second-order valence-electron chi connectivity index (χ2n) is 7.97.